The van der Waals surface area contributed by atoms with Crippen molar-refractivity contribution in [3.63, 3.8) is 0 Å². The number of aromatic nitrogens is 6. The number of nitrogens with two attached hydrogens (primary N) is 1. The van der Waals surface area contributed by atoms with Crippen LogP contribution in [0.2, 0.25) is 0 Å². The van der Waals surface area contributed by atoms with E-state index in [1.807, 2.05) is 54.7 Å². The van der Waals surface area contributed by atoms with Gasteiger partial charge in [-0.05, 0) is 35.9 Å². The first-order chi connectivity index (χ1) is 17.1. The van der Waals surface area contributed by atoms with E-state index in [0.717, 1.165) is 17.0 Å². The van der Waals surface area contributed by atoms with E-state index in [0.29, 0.717) is 29.2 Å². The summed E-state index contributed by atoms with van der Waals surface area (Å²) in [5.41, 5.74) is 12.2. The van der Waals surface area contributed by atoms with E-state index in [4.69, 9.17) is 10.7 Å². The third kappa shape index (κ3) is 4.89. The smallest absolute Gasteiger partial charge is 0.221 e. The first kappa shape index (κ1) is 21.9. The van der Waals surface area contributed by atoms with Gasteiger partial charge in [0.25, 0.3) is 0 Å². The van der Waals surface area contributed by atoms with E-state index >= 15 is 0 Å². The Morgan fingerprint density at radius 2 is 1.69 bits per heavy atom. The Kier molecular flexibility index (Phi) is 5.97. The first-order valence-corrected chi connectivity index (χ1v) is 11.2. The van der Waals surface area contributed by atoms with Crippen LogP contribution in [0.4, 0.5) is 5.95 Å². The van der Waals surface area contributed by atoms with Crippen molar-refractivity contribution >= 4 is 5.95 Å². The lowest BCUT2D eigenvalue weighted by Crippen LogP contribution is -2.06. The van der Waals surface area contributed by atoms with Gasteiger partial charge >= 0.3 is 0 Å². The summed E-state index contributed by atoms with van der Waals surface area (Å²) in [7, 11) is 0. The third-order valence-electron chi connectivity index (χ3n) is 5.73. The standard InChI is InChI=1S/C27H22N8/c1-18(20-8-3-2-4-9-20)23-12-6-11-22(30-23)16-35-17-26(33-34-35)25-14-24(31-27(29)32-25)21-10-5-7-19(13-21)15-28/h2-14,17-18H,16H2,1H3,(H2,29,31,32). The van der Waals surface area contributed by atoms with Gasteiger partial charge in [0.1, 0.15) is 5.69 Å². The average Bonchev–Trinajstić information content (AvgIpc) is 3.37. The van der Waals surface area contributed by atoms with Crippen molar-refractivity contribution in [1.82, 2.24) is 29.9 Å². The molecular formula is C27H22N8. The molecule has 3 heterocycles. The number of anilines is 1. The molecule has 8 heteroatoms. The van der Waals surface area contributed by atoms with E-state index in [1.165, 1.54) is 5.56 Å². The van der Waals surface area contributed by atoms with Crippen molar-refractivity contribution < 1.29 is 0 Å². The molecule has 5 aromatic rings. The van der Waals surface area contributed by atoms with Crippen LogP contribution in [0.25, 0.3) is 22.6 Å². The molecule has 5 rings (SSSR count). The molecule has 0 saturated heterocycles. The zero-order chi connectivity index (χ0) is 24.2. The minimum absolute atomic E-state index is 0.124. The predicted octanol–water partition coefficient (Wildman–Crippen LogP) is 4.45. The van der Waals surface area contributed by atoms with Crippen LogP contribution in [-0.2, 0) is 6.54 Å². The molecule has 0 spiro atoms. The quantitative estimate of drug-likeness (QED) is 0.399. The summed E-state index contributed by atoms with van der Waals surface area (Å²) in [5.74, 6) is 0.308. The summed E-state index contributed by atoms with van der Waals surface area (Å²) >= 11 is 0. The Morgan fingerprint density at radius 3 is 2.51 bits per heavy atom. The largest absolute Gasteiger partial charge is 0.368 e. The molecule has 0 radical (unpaired) electrons. The van der Waals surface area contributed by atoms with Gasteiger partial charge in [-0.2, -0.15) is 5.26 Å². The molecule has 0 aliphatic carbocycles. The van der Waals surface area contributed by atoms with Crippen molar-refractivity contribution in [2.45, 2.75) is 19.4 Å². The van der Waals surface area contributed by atoms with Gasteiger partial charge in [0.2, 0.25) is 5.95 Å². The van der Waals surface area contributed by atoms with E-state index in [9.17, 15) is 5.26 Å². The molecule has 0 fully saturated rings. The van der Waals surface area contributed by atoms with Crippen molar-refractivity contribution in [3.8, 4) is 28.7 Å². The van der Waals surface area contributed by atoms with Gasteiger partial charge in [-0.25, -0.2) is 14.6 Å². The number of rotatable bonds is 6. The van der Waals surface area contributed by atoms with Crippen molar-refractivity contribution in [3.05, 3.63) is 108 Å². The fraction of sp³-hybridized carbons (Fsp3) is 0.111. The van der Waals surface area contributed by atoms with Crippen LogP contribution in [0.15, 0.2) is 85.1 Å². The number of nitriles is 1. The maximum Gasteiger partial charge on any atom is 0.221 e. The summed E-state index contributed by atoms with van der Waals surface area (Å²) in [6, 6.07) is 27.5. The second-order valence-corrected chi connectivity index (χ2v) is 8.18. The molecule has 0 aliphatic heterocycles. The lowest BCUT2D eigenvalue weighted by Gasteiger charge is -2.12. The van der Waals surface area contributed by atoms with E-state index < -0.39 is 0 Å². The number of nitrogens with zero attached hydrogens (tertiary/aromatic N) is 7. The zero-order valence-corrected chi connectivity index (χ0v) is 19.1. The SMILES string of the molecule is CC(c1ccccc1)c1cccc(Cn2cc(-c3cc(-c4cccc(C#N)c4)nc(N)n3)nn2)n1. The minimum atomic E-state index is 0.124. The van der Waals surface area contributed by atoms with Crippen LogP contribution in [0.3, 0.4) is 0 Å². The highest BCUT2D eigenvalue weighted by atomic mass is 15.4. The van der Waals surface area contributed by atoms with Crippen LogP contribution >= 0.6 is 0 Å². The maximum atomic E-state index is 9.19. The molecule has 1 atom stereocenters. The van der Waals surface area contributed by atoms with E-state index in [1.54, 1.807) is 22.9 Å². The number of pyridine rings is 1. The van der Waals surface area contributed by atoms with Gasteiger partial charge in [-0.3, -0.25) is 4.98 Å². The Morgan fingerprint density at radius 1 is 0.886 bits per heavy atom. The summed E-state index contributed by atoms with van der Waals surface area (Å²) in [6.07, 6.45) is 1.81. The summed E-state index contributed by atoms with van der Waals surface area (Å²) in [4.78, 5) is 13.5. The average molecular weight is 459 g/mol. The molecule has 0 bridgehead atoms. The number of hydrogen-bond acceptors (Lipinski definition) is 7. The highest BCUT2D eigenvalue weighted by Crippen LogP contribution is 2.25. The Hall–Kier alpha value is -4.90. The summed E-state index contributed by atoms with van der Waals surface area (Å²) in [6.45, 7) is 2.62. The number of benzene rings is 2. The van der Waals surface area contributed by atoms with Gasteiger partial charge in [0, 0.05) is 17.2 Å². The van der Waals surface area contributed by atoms with Gasteiger partial charge in [-0.1, -0.05) is 60.7 Å². The second kappa shape index (κ2) is 9.53. The maximum absolute atomic E-state index is 9.19. The van der Waals surface area contributed by atoms with Crippen LogP contribution in [0, 0.1) is 11.3 Å². The van der Waals surface area contributed by atoms with Crippen LogP contribution < -0.4 is 5.73 Å². The Labute approximate surface area is 202 Å². The van der Waals surface area contributed by atoms with E-state index in [-0.39, 0.29) is 11.9 Å². The highest BCUT2D eigenvalue weighted by Gasteiger charge is 2.13. The molecule has 8 nitrogen and oxygen atoms in total. The fourth-order valence-electron chi connectivity index (χ4n) is 3.89. The van der Waals surface area contributed by atoms with E-state index in [2.05, 4.69) is 45.4 Å². The van der Waals surface area contributed by atoms with Crippen LogP contribution in [0.5, 0.6) is 0 Å². The van der Waals surface area contributed by atoms with Crippen LogP contribution in [0.1, 0.15) is 35.4 Å². The van der Waals surface area contributed by atoms with Crippen molar-refractivity contribution in [2.75, 3.05) is 5.73 Å². The molecule has 1 unspecified atom stereocenters. The lowest BCUT2D eigenvalue weighted by atomic mass is 9.97. The Bertz CT molecular complexity index is 1520. The zero-order valence-electron chi connectivity index (χ0n) is 19.1. The van der Waals surface area contributed by atoms with Gasteiger partial charge in [0.05, 0.1) is 41.5 Å². The summed E-state index contributed by atoms with van der Waals surface area (Å²) < 4.78 is 1.73. The summed E-state index contributed by atoms with van der Waals surface area (Å²) in [5, 5.41) is 17.7. The molecule has 0 aliphatic rings. The van der Waals surface area contributed by atoms with Crippen molar-refractivity contribution in [1.29, 1.82) is 5.26 Å². The normalized spacial score (nSPS) is 11.7. The molecule has 0 amide bonds. The van der Waals surface area contributed by atoms with Gasteiger partial charge in [-0.15, -0.1) is 5.10 Å². The molecule has 2 aromatic carbocycles. The second-order valence-electron chi connectivity index (χ2n) is 8.18. The first-order valence-electron chi connectivity index (χ1n) is 11.2. The molecule has 2 N–H and O–H groups in total. The number of hydrogen-bond donors (Lipinski definition) is 1. The van der Waals surface area contributed by atoms with Crippen LogP contribution in [-0.4, -0.2) is 29.9 Å². The topological polar surface area (TPSA) is 119 Å². The Balaban J connectivity index is 1.38. The lowest BCUT2D eigenvalue weighted by molar-refractivity contribution is 0.635. The molecule has 0 saturated carbocycles. The fourth-order valence-corrected chi connectivity index (χ4v) is 3.89. The van der Waals surface area contributed by atoms with Gasteiger partial charge < -0.3 is 5.73 Å². The number of nitrogen functional groups attached to an aromatic ring is 1. The third-order valence-corrected chi connectivity index (χ3v) is 5.73. The molecular weight excluding hydrogens is 436 g/mol. The molecule has 35 heavy (non-hydrogen) atoms. The predicted molar refractivity (Wildman–Crippen MR) is 133 cm³/mol. The highest BCUT2D eigenvalue weighted by molar-refractivity contribution is 5.68. The molecule has 170 valence electrons. The molecule has 3 aromatic heterocycles. The van der Waals surface area contributed by atoms with Crippen molar-refractivity contribution in [2.24, 2.45) is 0 Å². The van der Waals surface area contributed by atoms with Gasteiger partial charge in [0.15, 0.2) is 0 Å². The monoisotopic (exact) mass is 458 g/mol. The minimum Gasteiger partial charge on any atom is -0.368 e.